The Balaban J connectivity index is 2.10. The Labute approximate surface area is 98.1 Å². The molecular weight excluding hydrogens is 196 g/mol. The molecule has 0 radical (unpaired) electrons. The van der Waals surface area contributed by atoms with Crippen LogP contribution >= 0.6 is 0 Å². The zero-order valence-electron chi connectivity index (χ0n) is 10.2. The first-order valence-electron chi connectivity index (χ1n) is 6.00. The van der Waals surface area contributed by atoms with Crippen molar-refractivity contribution in [2.24, 2.45) is 5.41 Å². The molecule has 86 valence electrons. The van der Waals surface area contributed by atoms with Gasteiger partial charge in [0.05, 0.1) is 13.2 Å². The van der Waals surface area contributed by atoms with Crippen LogP contribution in [-0.4, -0.2) is 13.2 Å². The van der Waals surface area contributed by atoms with Gasteiger partial charge in [-0.25, -0.2) is 0 Å². The first-order valence-corrected chi connectivity index (χ1v) is 6.00. The molecule has 16 heavy (non-hydrogen) atoms. The zero-order valence-corrected chi connectivity index (χ0v) is 10.2. The van der Waals surface area contributed by atoms with E-state index in [1.807, 2.05) is 0 Å². The molecule has 2 rings (SSSR count). The first kappa shape index (κ1) is 11.4. The third-order valence-electron chi connectivity index (χ3n) is 3.32. The summed E-state index contributed by atoms with van der Waals surface area (Å²) in [6.07, 6.45) is 4.45. The topological polar surface area (TPSA) is 9.23 Å². The van der Waals surface area contributed by atoms with Crippen molar-refractivity contribution >= 4 is 0 Å². The van der Waals surface area contributed by atoms with E-state index >= 15 is 0 Å². The maximum absolute atomic E-state index is 5.37. The lowest BCUT2D eigenvalue weighted by Gasteiger charge is -2.30. The summed E-state index contributed by atoms with van der Waals surface area (Å²) in [5, 5.41) is 0. The smallest absolute Gasteiger partial charge is 0.0650 e. The van der Waals surface area contributed by atoms with Crippen LogP contribution in [0.2, 0.25) is 0 Å². The molecule has 0 saturated carbocycles. The second kappa shape index (κ2) is 4.84. The molecule has 0 amide bonds. The van der Waals surface area contributed by atoms with Crippen LogP contribution in [0.5, 0.6) is 0 Å². The molecule has 1 heteroatoms. The van der Waals surface area contributed by atoms with Crippen LogP contribution in [0.4, 0.5) is 0 Å². The van der Waals surface area contributed by atoms with Crippen molar-refractivity contribution in [2.45, 2.75) is 26.7 Å². The van der Waals surface area contributed by atoms with E-state index in [2.05, 4.69) is 50.3 Å². The van der Waals surface area contributed by atoms with Crippen LogP contribution in [0.3, 0.4) is 0 Å². The highest BCUT2D eigenvalue weighted by Crippen LogP contribution is 2.33. The summed E-state index contributed by atoms with van der Waals surface area (Å²) < 4.78 is 5.37. The van der Waals surface area contributed by atoms with E-state index < -0.39 is 0 Å². The number of ether oxygens (including phenoxy) is 1. The fourth-order valence-electron chi connectivity index (χ4n) is 2.36. The molecule has 1 aromatic rings. The lowest BCUT2D eigenvalue weighted by molar-refractivity contribution is 0.145. The van der Waals surface area contributed by atoms with Gasteiger partial charge < -0.3 is 4.74 Å². The number of rotatable bonds is 3. The van der Waals surface area contributed by atoms with Gasteiger partial charge in [-0.1, -0.05) is 55.8 Å². The normalized spacial score (nSPS) is 17.0. The van der Waals surface area contributed by atoms with E-state index in [1.54, 1.807) is 5.57 Å². The molecule has 0 fully saturated rings. The highest BCUT2D eigenvalue weighted by atomic mass is 16.5. The molecule has 0 saturated heterocycles. The molecule has 0 unspecified atom stereocenters. The Morgan fingerprint density at radius 2 is 1.94 bits per heavy atom. The van der Waals surface area contributed by atoms with E-state index in [0.29, 0.717) is 0 Å². The van der Waals surface area contributed by atoms with E-state index in [4.69, 9.17) is 4.74 Å². The summed E-state index contributed by atoms with van der Waals surface area (Å²) >= 11 is 0. The Morgan fingerprint density at radius 1 is 1.19 bits per heavy atom. The van der Waals surface area contributed by atoms with Gasteiger partial charge >= 0.3 is 0 Å². The van der Waals surface area contributed by atoms with E-state index in [0.717, 1.165) is 26.1 Å². The molecule has 1 aliphatic heterocycles. The van der Waals surface area contributed by atoms with Gasteiger partial charge in [0.15, 0.2) is 0 Å². The van der Waals surface area contributed by atoms with Crippen LogP contribution in [0.15, 0.2) is 42.0 Å². The summed E-state index contributed by atoms with van der Waals surface area (Å²) in [4.78, 5) is 0. The molecule has 0 atom stereocenters. The monoisotopic (exact) mass is 216 g/mol. The lowest BCUT2D eigenvalue weighted by atomic mass is 9.77. The molecule has 1 nitrogen and oxygen atoms in total. The lowest BCUT2D eigenvalue weighted by Crippen LogP contribution is -2.22. The van der Waals surface area contributed by atoms with E-state index in [9.17, 15) is 0 Å². The third kappa shape index (κ3) is 2.73. The molecule has 1 aliphatic rings. The van der Waals surface area contributed by atoms with Gasteiger partial charge in [-0.2, -0.15) is 0 Å². The predicted molar refractivity (Wildman–Crippen MR) is 67.4 cm³/mol. The van der Waals surface area contributed by atoms with Crippen molar-refractivity contribution in [2.75, 3.05) is 13.2 Å². The second-order valence-corrected chi connectivity index (χ2v) is 5.10. The Hall–Kier alpha value is -1.08. The van der Waals surface area contributed by atoms with Gasteiger partial charge in [0, 0.05) is 0 Å². The minimum Gasteiger partial charge on any atom is -0.377 e. The average Bonchev–Trinajstić information content (AvgIpc) is 2.31. The van der Waals surface area contributed by atoms with Gasteiger partial charge in [-0.15, -0.1) is 0 Å². The van der Waals surface area contributed by atoms with Gasteiger partial charge in [0.1, 0.15) is 0 Å². The Kier molecular flexibility index (Phi) is 3.45. The van der Waals surface area contributed by atoms with Gasteiger partial charge in [-0.3, -0.25) is 0 Å². The number of benzene rings is 1. The molecule has 0 N–H and O–H groups in total. The Bertz CT molecular complexity index is 362. The maximum atomic E-state index is 5.37. The SMILES string of the molecule is CC(C)(Cc1ccccc1)C1=CCOCC1. The van der Waals surface area contributed by atoms with Crippen LogP contribution in [0.25, 0.3) is 0 Å². The first-order chi connectivity index (χ1) is 7.68. The maximum Gasteiger partial charge on any atom is 0.0650 e. The molecule has 0 aliphatic carbocycles. The fourth-order valence-corrected chi connectivity index (χ4v) is 2.36. The molecular formula is C15H20O. The average molecular weight is 216 g/mol. The summed E-state index contributed by atoms with van der Waals surface area (Å²) in [5.74, 6) is 0. The van der Waals surface area contributed by atoms with Crippen molar-refractivity contribution in [1.29, 1.82) is 0 Å². The summed E-state index contributed by atoms with van der Waals surface area (Å²) in [7, 11) is 0. The van der Waals surface area contributed by atoms with Gasteiger partial charge in [0.25, 0.3) is 0 Å². The summed E-state index contributed by atoms with van der Waals surface area (Å²) in [6.45, 7) is 6.33. The van der Waals surface area contributed by atoms with Crippen LogP contribution < -0.4 is 0 Å². The third-order valence-corrected chi connectivity index (χ3v) is 3.32. The molecule has 0 spiro atoms. The molecule has 1 aromatic carbocycles. The van der Waals surface area contributed by atoms with Crippen molar-refractivity contribution in [3.05, 3.63) is 47.5 Å². The zero-order chi connectivity index (χ0) is 11.4. The molecule has 0 aromatic heterocycles. The van der Waals surface area contributed by atoms with E-state index in [1.165, 1.54) is 5.56 Å². The van der Waals surface area contributed by atoms with Crippen molar-refractivity contribution in [3.63, 3.8) is 0 Å². The quantitative estimate of drug-likeness (QED) is 0.701. The summed E-state index contributed by atoms with van der Waals surface area (Å²) in [6, 6.07) is 10.7. The van der Waals surface area contributed by atoms with Crippen LogP contribution in [0, 0.1) is 5.41 Å². The summed E-state index contributed by atoms with van der Waals surface area (Å²) in [5.41, 5.74) is 3.22. The number of hydrogen-bond donors (Lipinski definition) is 0. The minimum absolute atomic E-state index is 0.255. The Morgan fingerprint density at radius 3 is 2.56 bits per heavy atom. The second-order valence-electron chi connectivity index (χ2n) is 5.10. The fraction of sp³-hybridized carbons (Fsp3) is 0.467. The highest BCUT2D eigenvalue weighted by Gasteiger charge is 2.24. The van der Waals surface area contributed by atoms with Crippen LogP contribution in [-0.2, 0) is 11.2 Å². The standard InChI is InChI=1S/C15H20O/c1-15(2,14-8-10-16-11-9-14)12-13-6-4-3-5-7-13/h3-8H,9-12H2,1-2H3. The van der Waals surface area contributed by atoms with Gasteiger partial charge in [0.2, 0.25) is 0 Å². The van der Waals surface area contributed by atoms with E-state index in [-0.39, 0.29) is 5.41 Å². The van der Waals surface area contributed by atoms with Crippen molar-refractivity contribution in [3.8, 4) is 0 Å². The molecule has 0 bridgehead atoms. The number of hydrogen-bond acceptors (Lipinski definition) is 1. The van der Waals surface area contributed by atoms with Crippen molar-refractivity contribution < 1.29 is 4.74 Å². The highest BCUT2D eigenvalue weighted by molar-refractivity contribution is 5.22. The predicted octanol–water partition coefficient (Wildman–Crippen LogP) is 3.60. The molecule has 1 heterocycles. The van der Waals surface area contributed by atoms with Crippen LogP contribution in [0.1, 0.15) is 25.8 Å². The minimum atomic E-state index is 0.255. The van der Waals surface area contributed by atoms with Gasteiger partial charge in [-0.05, 0) is 23.8 Å². The largest absolute Gasteiger partial charge is 0.377 e. The van der Waals surface area contributed by atoms with Crippen molar-refractivity contribution in [1.82, 2.24) is 0 Å².